The van der Waals surface area contributed by atoms with Crippen LogP contribution in [0.25, 0.3) is 0 Å². The van der Waals surface area contributed by atoms with Gasteiger partial charge in [-0.3, -0.25) is 37.3 Å². The average molecular weight is 1510 g/mol. The molecule has 0 fully saturated rings. The molecule has 7 atom stereocenters. The van der Waals surface area contributed by atoms with Crippen LogP contribution in [-0.2, 0) is 65.4 Å². The van der Waals surface area contributed by atoms with Crippen molar-refractivity contribution in [3.8, 4) is 0 Å². The molecule has 4 unspecified atom stereocenters. The Morgan fingerprint density at radius 2 is 0.466 bits per heavy atom. The first-order valence-corrected chi connectivity index (χ1v) is 46.3. The molecule has 103 heavy (non-hydrogen) atoms. The van der Waals surface area contributed by atoms with Gasteiger partial charge < -0.3 is 33.8 Å². The third kappa shape index (κ3) is 75.3. The van der Waals surface area contributed by atoms with Crippen LogP contribution < -0.4 is 0 Å². The minimum atomic E-state index is -4.96. The molecule has 0 aromatic rings. The summed E-state index contributed by atoms with van der Waals surface area (Å²) in [6, 6.07) is 0. The van der Waals surface area contributed by atoms with Crippen LogP contribution in [0.1, 0.15) is 434 Å². The molecule has 0 spiro atoms. The number of aliphatic hydroxyl groups is 1. The van der Waals surface area contributed by atoms with Gasteiger partial charge in [-0.2, -0.15) is 0 Å². The van der Waals surface area contributed by atoms with Crippen molar-refractivity contribution in [3.63, 3.8) is 0 Å². The third-order valence-corrected chi connectivity index (χ3v) is 22.2. The number of ether oxygens (including phenoxy) is 4. The van der Waals surface area contributed by atoms with E-state index in [4.69, 9.17) is 37.0 Å². The van der Waals surface area contributed by atoms with Crippen molar-refractivity contribution in [2.45, 2.75) is 453 Å². The Labute approximate surface area is 632 Å². The highest BCUT2D eigenvalue weighted by atomic mass is 31.2. The van der Waals surface area contributed by atoms with Crippen LogP contribution in [0.15, 0.2) is 0 Å². The lowest BCUT2D eigenvalue weighted by Gasteiger charge is -2.21. The van der Waals surface area contributed by atoms with E-state index in [1.165, 1.54) is 231 Å². The van der Waals surface area contributed by atoms with Crippen LogP contribution in [0, 0.1) is 23.7 Å². The predicted octanol–water partition coefficient (Wildman–Crippen LogP) is 25.2. The van der Waals surface area contributed by atoms with Crippen LogP contribution in [0.4, 0.5) is 0 Å². The molecule has 0 aliphatic rings. The number of phosphoric acid groups is 2. The van der Waals surface area contributed by atoms with E-state index in [1.807, 2.05) is 0 Å². The summed E-state index contributed by atoms with van der Waals surface area (Å²) in [5, 5.41) is 10.7. The zero-order valence-electron chi connectivity index (χ0n) is 68.0. The Hall–Kier alpha value is -1.94. The number of hydrogen-bond acceptors (Lipinski definition) is 15. The van der Waals surface area contributed by atoms with E-state index in [1.54, 1.807) is 0 Å². The Morgan fingerprint density at radius 3 is 0.689 bits per heavy atom. The van der Waals surface area contributed by atoms with Gasteiger partial charge >= 0.3 is 39.5 Å². The molecule has 0 aromatic heterocycles. The summed E-state index contributed by atoms with van der Waals surface area (Å²) in [6.45, 7) is 14.3. The molecule has 0 rings (SSSR count). The first-order valence-electron chi connectivity index (χ1n) is 43.3. The second-order valence-corrected chi connectivity index (χ2v) is 34.6. The molecule has 0 amide bonds. The van der Waals surface area contributed by atoms with Gasteiger partial charge in [-0.15, -0.1) is 0 Å². The fraction of sp³-hybridized carbons (Fsp3) is 0.952. The summed E-state index contributed by atoms with van der Waals surface area (Å²) in [5.74, 6) is 1.07. The summed E-state index contributed by atoms with van der Waals surface area (Å²) in [6.07, 6.45) is 61.0. The van der Waals surface area contributed by atoms with Gasteiger partial charge in [0, 0.05) is 25.7 Å². The van der Waals surface area contributed by atoms with E-state index in [2.05, 4.69) is 55.4 Å². The predicted molar refractivity (Wildman–Crippen MR) is 423 cm³/mol. The fourth-order valence-corrected chi connectivity index (χ4v) is 14.5. The molecular weight excluding hydrogens is 1340 g/mol. The van der Waals surface area contributed by atoms with Gasteiger partial charge in [0.15, 0.2) is 12.2 Å². The molecule has 0 aliphatic heterocycles. The molecule has 0 saturated heterocycles. The molecular formula is C84H164O17P2. The van der Waals surface area contributed by atoms with Gasteiger partial charge in [0.05, 0.1) is 26.4 Å². The molecule has 0 heterocycles. The first kappa shape index (κ1) is 101. The van der Waals surface area contributed by atoms with Crippen LogP contribution in [0.2, 0.25) is 0 Å². The van der Waals surface area contributed by atoms with Gasteiger partial charge in [-0.25, -0.2) is 9.13 Å². The number of unbranched alkanes of at least 4 members (excludes halogenated alkanes) is 45. The largest absolute Gasteiger partial charge is 0.472 e. The number of carbonyl (C=O) groups is 4. The van der Waals surface area contributed by atoms with E-state index in [-0.39, 0.29) is 25.7 Å². The monoisotopic (exact) mass is 1510 g/mol. The topological polar surface area (TPSA) is 237 Å². The molecule has 17 nitrogen and oxygen atoms in total. The van der Waals surface area contributed by atoms with Crippen LogP contribution in [0.3, 0.4) is 0 Å². The minimum absolute atomic E-state index is 0.107. The highest BCUT2D eigenvalue weighted by Crippen LogP contribution is 2.45. The van der Waals surface area contributed by atoms with Crippen molar-refractivity contribution in [1.82, 2.24) is 0 Å². The lowest BCUT2D eigenvalue weighted by Crippen LogP contribution is -2.30. The van der Waals surface area contributed by atoms with Crippen LogP contribution in [0.5, 0.6) is 0 Å². The second kappa shape index (κ2) is 72.9. The van der Waals surface area contributed by atoms with Crippen LogP contribution in [-0.4, -0.2) is 96.7 Å². The van der Waals surface area contributed by atoms with Gasteiger partial charge in [-0.1, -0.05) is 383 Å². The Kier molecular flexibility index (Phi) is 71.5. The number of aliphatic hydroxyl groups excluding tert-OH is 1. The molecule has 0 aromatic carbocycles. The Balaban J connectivity index is 5.24. The van der Waals surface area contributed by atoms with Crippen LogP contribution >= 0.6 is 15.6 Å². The summed E-state index contributed by atoms with van der Waals surface area (Å²) in [7, 11) is -9.93. The number of esters is 4. The normalized spacial score (nSPS) is 14.5. The molecule has 0 radical (unpaired) electrons. The fourth-order valence-electron chi connectivity index (χ4n) is 12.9. The molecule has 0 aliphatic carbocycles. The van der Waals surface area contributed by atoms with Crippen molar-refractivity contribution in [2.24, 2.45) is 23.7 Å². The number of rotatable bonds is 81. The van der Waals surface area contributed by atoms with Gasteiger partial charge in [0.1, 0.15) is 19.3 Å². The minimum Gasteiger partial charge on any atom is -0.462 e. The summed E-state index contributed by atoms with van der Waals surface area (Å²) in [4.78, 5) is 73.2. The maximum Gasteiger partial charge on any atom is 0.472 e. The molecule has 0 bridgehead atoms. The number of phosphoric ester groups is 2. The van der Waals surface area contributed by atoms with E-state index in [0.29, 0.717) is 25.7 Å². The Bertz CT molecular complexity index is 2010. The lowest BCUT2D eigenvalue weighted by molar-refractivity contribution is -0.161. The maximum absolute atomic E-state index is 13.1. The number of carbonyl (C=O) groups excluding carboxylic acids is 4. The second-order valence-electron chi connectivity index (χ2n) is 31.7. The summed E-state index contributed by atoms with van der Waals surface area (Å²) >= 11 is 0. The molecule has 3 N–H and O–H groups in total. The van der Waals surface area contributed by atoms with Crippen molar-refractivity contribution < 1.29 is 80.2 Å². The van der Waals surface area contributed by atoms with Gasteiger partial charge in [0.2, 0.25) is 0 Å². The van der Waals surface area contributed by atoms with Crippen molar-refractivity contribution in [3.05, 3.63) is 0 Å². The van der Waals surface area contributed by atoms with E-state index < -0.39 is 97.5 Å². The molecule has 0 saturated carbocycles. The maximum atomic E-state index is 13.1. The van der Waals surface area contributed by atoms with E-state index in [9.17, 15) is 43.2 Å². The third-order valence-electron chi connectivity index (χ3n) is 20.3. The smallest absolute Gasteiger partial charge is 0.462 e. The van der Waals surface area contributed by atoms with Gasteiger partial charge in [0.25, 0.3) is 0 Å². The summed E-state index contributed by atoms with van der Waals surface area (Å²) < 4.78 is 68.8. The zero-order chi connectivity index (χ0) is 76.0. The SMILES string of the molecule is CCC(C)CCCCCCCCCCCCCCCCC(=O)O[C@H](COC(=O)CCCCCCCCC(C)CC)COP(=O)(O)OC[C@H](O)COP(=O)(O)OC[C@@H](COC(=O)CCCCCCCCCCCCCCCCCCC(C)C)OC(=O)CCCCCCCCCCCCCCCC(C)C. The first-order chi connectivity index (χ1) is 49.7. The highest BCUT2D eigenvalue weighted by Gasteiger charge is 2.30. The van der Waals surface area contributed by atoms with Crippen molar-refractivity contribution in [1.29, 1.82) is 0 Å². The standard InChI is InChI=1S/C84H164O17P2/c1-9-76(7)62-54-46-38-32-26-20-15-16-22-28-34-40-50-58-66-84(89)101-80(71-95-82(87)65-57-49-43-42-47-55-63-77(8)10-2)73-99-103(92,93)97-69-78(85)68-96-102(90,91)98-72-79(100-83(88)67-59-51-41-35-29-23-17-19-25-31-37-45-53-61-75(5)6)70-94-81(86)64-56-48-39-33-27-21-14-12-11-13-18-24-30-36-44-52-60-74(3)4/h74-80,85H,9-73H2,1-8H3,(H,90,91)(H,92,93)/t76?,77?,78-,79-,80-/m1/s1. The molecule has 19 heteroatoms. The highest BCUT2D eigenvalue weighted by molar-refractivity contribution is 7.47. The quantitative estimate of drug-likeness (QED) is 0.0222. The van der Waals surface area contributed by atoms with Crippen molar-refractivity contribution in [2.75, 3.05) is 39.6 Å². The lowest BCUT2D eigenvalue weighted by atomic mass is 9.99. The zero-order valence-corrected chi connectivity index (χ0v) is 69.7. The average Bonchev–Trinajstić information content (AvgIpc) is 0.909. The molecule has 612 valence electrons. The Morgan fingerprint density at radius 1 is 0.272 bits per heavy atom. The van der Waals surface area contributed by atoms with Gasteiger partial charge in [-0.05, 0) is 49.4 Å². The summed E-state index contributed by atoms with van der Waals surface area (Å²) in [5.41, 5.74) is 0. The van der Waals surface area contributed by atoms with Crippen molar-refractivity contribution >= 4 is 39.5 Å². The van der Waals surface area contributed by atoms with E-state index in [0.717, 1.165) is 120 Å². The van der Waals surface area contributed by atoms with E-state index >= 15 is 0 Å². The number of hydrogen-bond donors (Lipinski definition) is 3.